The van der Waals surface area contributed by atoms with Crippen molar-refractivity contribution in [3.8, 4) is 0 Å². The summed E-state index contributed by atoms with van der Waals surface area (Å²) in [6.07, 6.45) is 3.12. The molecule has 4 nitrogen and oxygen atoms in total. The molecule has 0 radical (unpaired) electrons. The highest BCUT2D eigenvalue weighted by Crippen LogP contribution is 2.42. The van der Waals surface area contributed by atoms with Crippen molar-refractivity contribution in [1.29, 1.82) is 0 Å². The lowest BCUT2D eigenvalue weighted by Crippen LogP contribution is -2.37. The predicted molar refractivity (Wildman–Crippen MR) is 87.9 cm³/mol. The van der Waals surface area contributed by atoms with Gasteiger partial charge in [0.05, 0.1) is 11.8 Å². The van der Waals surface area contributed by atoms with Crippen LogP contribution in [0.1, 0.15) is 29.4 Å². The Morgan fingerprint density at radius 1 is 0.957 bits per heavy atom. The lowest BCUT2D eigenvalue weighted by atomic mass is 9.71. The van der Waals surface area contributed by atoms with Crippen LogP contribution in [0.2, 0.25) is 0 Å². The molecular weight excluding hydrogens is 290 g/mol. The van der Waals surface area contributed by atoms with E-state index in [4.69, 9.17) is 0 Å². The average Bonchev–Trinajstić information content (AvgIpc) is 2.61. The van der Waals surface area contributed by atoms with Gasteiger partial charge in [-0.3, -0.25) is 14.9 Å². The molecule has 0 saturated carbocycles. The van der Waals surface area contributed by atoms with Gasteiger partial charge in [0, 0.05) is 10.5 Å². The normalized spacial score (nSPS) is 23.8. The first-order chi connectivity index (χ1) is 11.2. The first kappa shape index (κ1) is 15.2. The van der Waals surface area contributed by atoms with Crippen molar-refractivity contribution in [3.63, 3.8) is 0 Å². The Hall–Kier alpha value is -2.75. The molecule has 0 amide bonds. The van der Waals surface area contributed by atoms with Crippen molar-refractivity contribution in [2.45, 2.75) is 24.3 Å². The highest BCUT2D eigenvalue weighted by atomic mass is 16.6. The number of aldehydes is 1. The minimum absolute atomic E-state index is 0.230. The molecule has 2 aromatic rings. The van der Waals surface area contributed by atoms with E-state index in [0.717, 1.165) is 17.4 Å². The maximum atomic E-state index is 11.8. The molecule has 0 N–H and O–H groups in total. The summed E-state index contributed by atoms with van der Waals surface area (Å²) in [5, 5.41) is 11.8. The maximum Gasteiger partial charge on any atom is 0.231 e. The molecule has 2 aromatic carbocycles. The maximum absolute atomic E-state index is 11.8. The largest absolute Gasteiger partial charge is 0.298 e. The molecule has 0 unspecified atom stereocenters. The molecule has 116 valence electrons. The topological polar surface area (TPSA) is 60.2 Å². The second kappa shape index (κ2) is 6.57. The van der Waals surface area contributed by atoms with Crippen LogP contribution in [0.3, 0.4) is 0 Å². The molecule has 0 spiro atoms. The Morgan fingerprint density at radius 2 is 1.52 bits per heavy atom. The molecule has 1 aliphatic carbocycles. The quantitative estimate of drug-likeness (QED) is 0.491. The standard InChI is InChI=1S/C19H17NO3/c21-13-16-11-12-17(14-7-3-1-4-8-14)19(20(22)23)18(16)15-9-5-2-6-10-15/h1-11,13,17-19H,12H2/t17-,18+,19+/m0/s1. The van der Waals surface area contributed by atoms with Crippen LogP contribution in [0.5, 0.6) is 0 Å². The Balaban J connectivity index is 2.10. The molecule has 0 aromatic heterocycles. The summed E-state index contributed by atoms with van der Waals surface area (Å²) in [6.45, 7) is 0. The van der Waals surface area contributed by atoms with E-state index in [9.17, 15) is 14.9 Å². The zero-order chi connectivity index (χ0) is 16.2. The van der Waals surface area contributed by atoms with Gasteiger partial charge < -0.3 is 0 Å². The van der Waals surface area contributed by atoms with Gasteiger partial charge in [-0.15, -0.1) is 0 Å². The third kappa shape index (κ3) is 2.93. The molecular formula is C19H17NO3. The number of hydrogen-bond acceptors (Lipinski definition) is 3. The zero-order valence-electron chi connectivity index (χ0n) is 12.5. The molecule has 3 atom stereocenters. The van der Waals surface area contributed by atoms with Gasteiger partial charge in [-0.2, -0.15) is 0 Å². The van der Waals surface area contributed by atoms with E-state index >= 15 is 0 Å². The molecule has 23 heavy (non-hydrogen) atoms. The summed E-state index contributed by atoms with van der Waals surface area (Å²) in [6, 6.07) is 17.9. The second-order valence-electron chi connectivity index (χ2n) is 5.74. The van der Waals surface area contributed by atoms with E-state index in [0.29, 0.717) is 12.0 Å². The van der Waals surface area contributed by atoms with Crippen LogP contribution >= 0.6 is 0 Å². The van der Waals surface area contributed by atoms with Crippen LogP contribution in [0.25, 0.3) is 0 Å². The third-order valence-electron chi connectivity index (χ3n) is 4.49. The van der Waals surface area contributed by atoms with Gasteiger partial charge >= 0.3 is 0 Å². The van der Waals surface area contributed by atoms with Crippen molar-refractivity contribution >= 4 is 6.29 Å². The SMILES string of the molecule is O=CC1=CC[C@@H](c2ccccc2)[C@@H]([N+](=O)[O-])[C@@H]1c1ccccc1. The number of carbonyl (C=O) groups is 1. The van der Waals surface area contributed by atoms with Crippen LogP contribution in [0, 0.1) is 10.1 Å². The average molecular weight is 307 g/mol. The summed E-state index contributed by atoms with van der Waals surface area (Å²) in [5.41, 5.74) is 2.26. The first-order valence-electron chi connectivity index (χ1n) is 7.61. The zero-order valence-corrected chi connectivity index (χ0v) is 12.5. The molecule has 0 saturated heterocycles. The van der Waals surface area contributed by atoms with Gasteiger partial charge in [-0.25, -0.2) is 0 Å². The van der Waals surface area contributed by atoms with Gasteiger partial charge in [0.15, 0.2) is 0 Å². The number of benzene rings is 2. The lowest BCUT2D eigenvalue weighted by Gasteiger charge is -2.31. The molecule has 0 fully saturated rings. The number of allylic oxidation sites excluding steroid dienone is 1. The van der Waals surface area contributed by atoms with E-state index < -0.39 is 12.0 Å². The molecule has 1 aliphatic rings. The number of rotatable bonds is 4. The van der Waals surface area contributed by atoms with Gasteiger partial charge in [0.1, 0.15) is 6.29 Å². The van der Waals surface area contributed by atoms with E-state index in [1.807, 2.05) is 66.7 Å². The summed E-state index contributed by atoms with van der Waals surface area (Å²) in [5.74, 6) is -0.747. The minimum Gasteiger partial charge on any atom is -0.298 e. The molecule has 0 heterocycles. The Labute approximate surface area is 134 Å². The molecule has 0 aliphatic heterocycles. The minimum atomic E-state index is -0.843. The molecule has 3 rings (SSSR count). The third-order valence-corrected chi connectivity index (χ3v) is 4.49. The van der Waals surface area contributed by atoms with Gasteiger partial charge in [-0.05, 0) is 17.5 Å². The van der Waals surface area contributed by atoms with Crippen LogP contribution in [-0.4, -0.2) is 17.3 Å². The second-order valence-corrected chi connectivity index (χ2v) is 5.74. The number of carbonyl (C=O) groups excluding carboxylic acids is 1. The van der Waals surface area contributed by atoms with Crippen molar-refractivity contribution in [1.82, 2.24) is 0 Å². The first-order valence-corrected chi connectivity index (χ1v) is 7.61. The van der Waals surface area contributed by atoms with E-state index in [2.05, 4.69) is 0 Å². The number of hydrogen-bond donors (Lipinski definition) is 0. The van der Waals surface area contributed by atoms with Gasteiger partial charge in [-0.1, -0.05) is 66.7 Å². The highest BCUT2D eigenvalue weighted by Gasteiger charge is 2.44. The van der Waals surface area contributed by atoms with Crippen molar-refractivity contribution in [3.05, 3.63) is 93.6 Å². The van der Waals surface area contributed by atoms with Crippen molar-refractivity contribution in [2.75, 3.05) is 0 Å². The Kier molecular flexibility index (Phi) is 4.33. The van der Waals surface area contributed by atoms with Crippen LogP contribution < -0.4 is 0 Å². The Morgan fingerprint density at radius 3 is 2.04 bits per heavy atom. The Bertz CT molecular complexity index is 725. The van der Waals surface area contributed by atoms with Gasteiger partial charge in [0.2, 0.25) is 6.04 Å². The van der Waals surface area contributed by atoms with Crippen LogP contribution in [-0.2, 0) is 4.79 Å². The van der Waals surface area contributed by atoms with Gasteiger partial charge in [0.25, 0.3) is 0 Å². The number of nitrogens with zero attached hydrogens (tertiary/aromatic N) is 1. The van der Waals surface area contributed by atoms with Crippen LogP contribution in [0.15, 0.2) is 72.3 Å². The van der Waals surface area contributed by atoms with Crippen LogP contribution in [0.4, 0.5) is 0 Å². The summed E-state index contributed by atoms with van der Waals surface area (Å²) in [7, 11) is 0. The summed E-state index contributed by atoms with van der Waals surface area (Å²) >= 11 is 0. The smallest absolute Gasteiger partial charge is 0.231 e. The fourth-order valence-corrected chi connectivity index (χ4v) is 3.43. The van der Waals surface area contributed by atoms with Crippen molar-refractivity contribution < 1.29 is 9.72 Å². The highest BCUT2D eigenvalue weighted by molar-refractivity contribution is 5.77. The van der Waals surface area contributed by atoms with E-state index in [1.54, 1.807) is 0 Å². The summed E-state index contributed by atoms with van der Waals surface area (Å²) < 4.78 is 0. The number of nitro groups is 1. The van der Waals surface area contributed by atoms with E-state index in [-0.39, 0.29) is 10.8 Å². The fourth-order valence-electron chi connectivity index (χ4n) is 3.43. The molecule has 4 heteroatoms. The fraction of sp³-hybridized carbons (Fsp3) is 0.211. The molecule has 0 bridgehead atoms. The predicted octanol–water partition coefficient (Wildman–Crippen LogP) is 3.73. The van der Waals surface area contributed by atoms with E-state index in [1.165, 1.54) is 0 Å². The lowest BCUT2D eigenvalue weighted by molar-refractivity contribution is -0.530. The van der Waals surface area contributed by atoms with Crippen molar-refractivity contribution in [2.24, 2.45) is 0 Å². The summed E-state index contributed by atoms with van der Waals surface area (Å²) in [4.78, 5) is 23.1. The monoisotopic (exact) mass is 307 g/mol.